The van der Waals surface area contributed by atoms with Gasteiger partial charge in [0.1, 0.15) is 11.5 Å². The van der Waals surface area contributed by atoms with E-state index in [2.05, 4.69) is 62.3 Å². The van der Waals surface area contributed by atoms with Crippen molar-refractivity contribution in [2.45, 2.75) is 26.2 Å². The van der Waals surface area contributed by atoms with Crippen molar-refractivity contribution in [1.29, 1.82) is 0 Å². The standard InChI is InChI=1S/C20H26O2Si2/c1-21-17-9-11-19(23(3)4)15(13-17)7-8-16-14-18(22-2)10-12-20(16)24(5)6/h9-14,23-24H,1-6H3. The van der Waals surface area contributed by atoms with E-state index in [1.165, 1.54) is 10.4 Å². The number of hydrogen-bond donors (Lipinski definition) is 0. The van der Waals surface area contributed by atoms with Gasteiger partial charge in [0.25, 0.3) is 0 Å². The molecule has 0 unspecified atom stereocenters. The summed E-state index contributed by atoms with van der Waals surface area (Å²) >= 11 is 0. The minimum atomic E-state index is -0.947. The zero-order valence-electron chi connectivity index (χ0n) is 15.4. The topological polar surface area (TPSA) is 18.5 Å². The Labute approximate surface area is 149 Å². The van der Waals surface area contributed by atoms with Gasteiger partial charge in [-0.2, -0.15) is 0 Å². The molecule has 0 atom stereocenters. The van der Waals surface area contributed by atoms with Crippen LogP contribution >= 0.6 is 0 Å². The summed E-state index contributed by atoms with van der Waals surface area (Å²) in [6, 6.07) is 12.5. The molecule has 24 heavy (non-hydrogen) atoms. The molecule has 0 aliphatic rings. The summed E-state index contributed by atoms with van der Waals surface area (Å²) in [5.41, 5.74) is 2.19. The molecule has 0 saturated heterocycles. The van der Waals surface area contributed by atoms with Crippen LogP contribution in [-0.4, -0.2) is 31.8 Å². The Hall–Kier alpha value is -1.97. The SMILES string of the molecule is COc1ccc([SiH](C)C)c(C#Cc2cc(OC)ccc2[SiH](C)C)c1. The second-order valence-corrected chi connectivity index (χ2v) is 12.3. The summed E-state index contributed by atoms with van der Waals surface area (Å²) in [6.07, 6.45) is 0. The molecule has 2 nitrogen and oxygen atoms in total. The van der Waals surface area contributed by atoms with Crippen LogP contribution in [0.5, 0.6) is 11.5 Å². The molecular weight excluding hydrogens is 328 g/mol. The first kappa shape index (κ1) is 18.4. The summed E-state index contributed by atoms with van der Waals surface area (Å²) in [4.78, 5) is 0. The number of hydrogen-bond acceptors (Lipinski definition) is 2. The lowest BCUT2D eigenvalue weighted by molar-refractivity contribution is 0.414. The second kappa shape index (κ2) is 8.23. The van der Waals surface area contributed by atoms with Crippen LogP contribution in [0.3, 0.4) is 0 Å². The van der Waals surface area contributed by atoms with E-state index in [1.807, 2.05) is 12.1 Å². The van der Waals surface area contributed by atoms with Gasteiger partial charge in [-0.25, -0.2) is 0 Å². The average Bonchev–Trinajstić information content (AvgIpc) is 2.58. The van der Waals surface area contributed by atoms with E-state index in [4.69, 9.17) is 9.47 Å². The summed E-state index contributed by atoms with van der Waals surface area (Å²) in [5, 5.41) is 2.77. The molecule has 0 aliphatic carbocycles. The fourth-order valence-corrected chi connectivity index (χ4v) is 5.20. The first-order chi connectivity index (χ1) is 11.5. The van der Waals surface area contributed by atoms with Crippen LogP contribution in [-0.2, 0) is 0 Å². The van der Waals surface area contributed by atoms with Gasteiger partial charge in [0.2, 0.25) is 0 Å². The quantitative estimate of drug-likeness (QED) is 0.620. The predicted molar refractivity (Wildman–Crippen MR) is 109 cm³/mol. The maximum atomic E-state index is 5.37. The predicted octanol–water partition coefficient (Wildman–Crippen LogP) is 2.49. The van der Waals surface area contributed by atoms with Crippen LogP contribution in [0.15, 0.2) is 36.4 Å². The molecule has 0 heterocycles. The first-order valence-corrected chi connectivity index (χ1v) is 14.1. The highest BCUT2D eigenvalue weighted by molar-refractivity contribution is 6.71. The Bertz CT molecular complexity index is 707. The van der Waals surface area contributed by atoms with Gasteiger partial charge < -0.3 is 9.47 Å². The van der Waals surface area contributed by atoms with E-state index in [9.17, 15) is 0 Å². The van der Waals surface area contributed by atoms with Gasteiger partial charge in [0.15, 0.2) is 0 Å². The molecule has 126 valence electrons. The number of methoxy groups -OCH3 is 2. The van der Waals surface area contributed by atoms with Gasteiger partial charge in [0, 0.05) is 11.1 Å². The van der Waals surface area contributed by atoms with Crippen LogP contribution in [0, 0.1) is 11.8 Å². The van der Waals surface area contributed by atoms with Crippen molar-refractivity contribution in [3.8, 4) is 23.3 Å². The molecule has 0 bridgehead atoms. The number of rotatable bonds is 4. The Morgan fingerprint density at radius 1 is 0.667 bits per heavy atom. The molecule has 0 aromatic heterocycles. The highest BCUT2D eigenvalue weighted by Gasteiger charge is 2.09. The Morgan fingerprint density at radius 2 is 1.04 bits per heavy atom. The third-order valence-electron chi connectivity index (χ3n) is 4.10. The van der Waals surface area contributed by atoms with E-state index in [1.54, 1.807) is 14.2 Å². The monoisotopic (exact) mass is 354 g/mol. The van der Waals surface area contributed by atoms with Crippen molar-refractivity contribution in [2.24, 2.45) is 0 Å². The molecule has 2 aromatic rings. The van der Waals surface area contributed by atoms with Crippen molar-refractivity contribution in [3.05, 3.63) is 47.5 Å². The molecular formula is C20H26O2Si2. The highest BCUT2D eigenvalue weighted by atomic mass is 28.3. The maximum absolute atomic E-state index is 5.37. The molecule has 0 radical (unpaired) electrons. The van der Waals surface area contributed by atoms with Gasteiger partial charge in [0.05, 0.1) is 31.8 Å². The second-order valence-electron chi connectivity index (χ2n) is 6.47. The lowest BCUT2D eigenvalue weighted by Gasteiger charge is -2.11. The van der Waals surface area contributed by atoms with E-state index in [-0.39, 0.29) is 0 Å². The Morgan fingerprint density at radius 3 is 1.33 bits per heavy atom. The van der Waals surface area contributed by atoms with Gasteiger partial charge in [-0.1, -0.05) is 50.2 Å². The summed E-state index contributed by atoms with van der Waals surface area (Å²) < 4.78 is 10.7. The fourth-order valence-electron chi connectivity index (χ4n) is 2.68. The summed E-state index contributed by atoms with van der Waals surface area (Å²) in [6.45, 7) is 9.30. The van der Waals surface area contributed by atoms with Crippen molar-refractivity contribution in [1.82, 2.24) is 0 Å². The van der Waals surface area contributed by atoms with Crippen LogP contribution < -0.4 is 19.8 Å². The van der Waals surface area contributed by atoms with E-state index in [0.717, 1.165) is 22.6 Å². The zero-order valence-corrected chi connectivity index (χ0v) is 17.7. The smallest absolute Gasteiger partial charge is 0.120 e. The fraction of sp³-hybridized carbons (Fsp3) is 0.300. The van der Waals surface area contributed by atoms with Crippen molar-refractivity contribution in [3.63, 3.8) is 0 Å². The van der Waals surface area contributed by atoms with Crippen molar-refractivity contribution < 1.29 is 9.47 Å². The molecule has 0 N–H and O–H groups in total. The molecule has 2 aromatic carbocycles. The first-order valence-electron chi connectivity index (χ1n) is 8.34. The summed E-state index contributed by atoms with van der Waals surface area (Å²) in [7, 11) is 1.50. The molecule has 4 heteroatoms. The summed E-state index contributed by atoms with van der Waals surface area (Å²) in [5.74, 6) is 8.53. The number of benzene rings is 2. The van der Waals surface area contributed by atoms with Gasteiger partial charge in [-0.15, -0.1) is 0 Å². The third-order valence-corrected chi connectivity index (χ3v) is 7.59. The molecule has 2 rings (SSSR count). The Balaban J connectivity index is 2.53. The number of ether oxygens (including phenoxy) is 2. The average molecular weight is 355 g/mol. The van der Waals surface area contributed by atoms with Crippen molar-refractivity contribution >= 4 is 28.0 Å². The highest BCUT2D eigenvalue weighted by Crippen LogP contribution is 2.13. The third kappa shape index (κ3) is 4.31. The zero-order chi connectivity index (χ0) is 17.7. The minimum absolute atomic E-state index is 0.863. The molecule has 0 spiro atoms. The molecule has 0 fully saturated rings. The molecule has 0 amide bonds. The van der Waals surface area contributed by atoms with Crippen LogP contribution in [0.25, 0.3) is 0 Å². The lowest BCUT2D eigenvalue weighted by Crippen LogP contribution is -2.26. The Kier molecular flexibility index (Phi) is 6.30. The van der Waals surface area contributed by atoms with Gasteiger partial charge in [-0.3, -0.25) is 0 Å². The van der Waals surface area contributed by atoms with Gasteiger partial charge >= 0.3 is 0 Å². The van der Waals surface area contributed by atoms with E-state index in [0.29, 0.717) is 0 Å². The molecule has 0 aliphatic heterocycles. The van der Waals surface area contributed by atoms with Crippen LogP contribution in [0.4, 0.5) is 0 Å². The maximum Gasteiger partial charge on any atom is 0.120 e. The van der Waals surface area contributed by atoms with Crippen LogP contribution in [0.1, 0.15) is 11.1 Å². The van der Waals surface area contributed by atoms with E-state index < -0.39 is 17.6 Å². The van der Waals surface area contributed by atoms with Gasteiger partial charge in [-0.05, 0) is 34.6 Å². The van der Waals surface area contributed by atoms with E-state index >= 15 is 0 Å². The lowest BCUT2D eigenvalue weighted by atomic mass is 10.1. The molecule has 0 saturated carbocycles. The van der Waals surface area contributed by atoms with Crippen LogP contribution in [0.2, 0.25) is 26.2 Å². The largest absolute Gasteiger partial charge is 0.497 e. The normalized spacial score (nSPS) is 10.5. The van der Waals surface area contributed by atoms with Crippen molar-refractivity contribution in [2.75, 3.05) is 14.2 Å². The minimum Gasteiger partial charge on any atom is -0.497 e.